The molecule has 0 atom stereocenters. The highest BCUT2D eigenvalue weighted by molar-refractivity contribution is 7.87. The molecule has 26 heteroatoms. The summed E-state index contributed by atoms with van der Waals surface area (Å²) in [5.74, 6) is 0.113. The quantitative estimate of drug-likeness (QED) is 0.0435. The van der Waals surface area contributed by atoms with Gasteiger partial charge in [0.1, 0.15) is 32.7 Å². The number of methoxy groups -OCH3 is 2. The largest absolute Gasteiger partial charge is 0.505 e. The second-order valence-electron chi connectivity index (χ2n) is 15.3. The van der Waals surface area contributed by atoms with E-state index in [1.54, 1.807) is 43.3 Å². The lowest BCUT2D eigenvalue weighted by Crippen LogP contribution is -2.04. The van der Waals surface area contributed by atoms with E-state index in [1.165, 1.54) is 68.8 Å². The van der Waals surface area contributed by atoms with Gasteiger partial charge in [-0.05, 0) is 126 Å². The molecule has 22 nitrogen and oxygen atoms in total. The van der Waals surface area contributed by atoms with Crippen molar-refractivity contribution in [1.29, 1.82) is 0 Å². The number of rotatable bonds is 14. The van der Waals surface area contributed by atoms with Crippen molar-refractivity contribution in [3.8, 4) is 17.2 Å². The number of anilines is 2. The number of aromatic hydroxyl groups is 1. The molecule has 0 aliphatic heterocycles. The first kappa shape index (κ1) is 49.6. The summed E-state index contributed by atoms with van der Waals surface area (Å²) in [6.45, 7) is 1.62. The lowest BCUT2D eigenvalue weighted by molar-refractivity contribution is 0.415. The zero-order chi connectivity index (χ0) is 51.2. The number of ether oxygens (including phenoxy) is 2. The molecule has 0 radical (unpaired) electrons. The molecular formula is C45H35N7O15S4. The molecule has 0 aliphatic carbocycles. The van der Waals surface area contributed by atoms with Crippen LogP contribution in [0, 0.1) is 6.92 Å². The number of nitrogens with zero attached hydrogens (tertiary/aromatic N) is 6. The first-order valence-corrected chi connectivity index (χ1v) is 25.9. The Bertz CT molecular complexity index is 4080. The summed E-state index contributed by atoms with van der Waals surface area (Å²) in [7, 11) is -16.7. The van der Waals surface area contributed by atoms with Gasteiger partial charge >= 0.3 is 0 Å². The first-order valence-electron chi connectivity index (χ1n) is 20.1. The molecule has 71 heavy (non-hydrogen) atoms. The van der Waals surface area contributed by atoms with Gasteiger partial charge in [-0.2, -0.15) is 43.9 Å². The van der Waals surface area contributed by atoms with Crippen LogP contribution in [-0.2, 0) is 40.5 Å². The van der Waals surface area contributed by atoms with Crippen LogP contribution in [0.4, 0.5) is 45.5 Å². The summed E-state index contributed by atoms with van der Waals surface area (Å²) in [6, 6.07) is 27.6. The summed E-state index contributed by atoms with van der Waals surface area (Å²) in [6.07, 6.45) is 0. The van der Waals surface area contributed by atoms with Gasteiger partial charge in [-0.3, -0.25) is 18.2 Å². The number of aryl methyl sites for hydroxylation is 1. The van der Waals surface area contributed by atoms with Crippen molar-refractivity contribution < 1.29 is 66.5 Å². The molecule has 0 aliphatic rings. The van der Waals surface area contributed by atoms with Crippen LogP contribution in [0.25, 0.3) is 32.3 Å². The van der Waals surface area contributed by atoms with Crippen LogP contribution in [0.3, 0.4) is 0 Å². The second kappa shape index (κ2) is 18.8. The molecule has 0 aromatic heterocycles. The summed E-state index contributed by atoms with van der Waals surface area (Å²) in [5.41, 5.74) is 1.64. The van der Waals surface area contributed by atoms with Gasteiger partial charge in [0.05, 0.1) is 46.8 Å². The molecule has 6 N–H and O–H groups in total. The van der Waals surface area contributed by atoms with Crippen LogP contribution >= 0.6 is 0 Å². The molecule has 364 valence electrons. The number of hydrogen-bond acceptors (Lipinski definition) is 18. The molecule has 0 saturated heterocycles. The van der Waals surface area contributed by atoms with Gasteiger partial charge in [0.15, 0.2) is 5.75 Å². The van der Waals surface area contributed by atoms with Crippen molar-refractivity contribution in [3.63, 3.8) is 0 Å². The minimum absolute atomic E-state index is 0.0459. The van der Waals surface area contributed by atoms with E-state index in [2.05, 4.69) is 36.0 Å². The number of nitrogens with one attached hydrogen (secondary N) is 1. The van der Waals surface area contributed by atoms with Crippen LogP contribution < -0.4 is 14.8 Å². The molecule has 0 spiro atoms. The lowest BCUT2D eigenvalue weighted by atomic mass is 10.1. The summed E-state index contributed by atoms with van der Waals surface area (Å²) in [4.78, 5) is -2.81. The molecule has 0 saturated carbocycles. The Morgan fingerprint density at radius 2 is 1.04 bits per heavy atom. The van der Waals surface area contributed by atoms with E-state index in [0.717, 1.165) is 24.3 Å². The van der Waals surface area contributed by atoms with Crippen molar-refractivity contribution in [3.05, 3.63) is 127 Å². The maximum Gasteiger partial charge on any atom is 0.296 e. The summed E-state index contributed by atoms with van der Waals surface area (Å²) in [5, 5.41) is 40.5. The van der Waals surface area contributed by atoms with Crippen LogP contribution in [0.1, 0.15) is 5.56 Å². The Balaban J connectivity index is 1.12. The Kier molecular flexibility index (Phi) is 13.2. The second-order valence-corrected chi connectivity index (χ2v) is 20.9. The smallest absolute Gasteiger partial charge is 0.296 e. The van der Waals surface area contributed by atoms with Gasteiger partial charge in [-0.25, -0.2) is 0 Å². The number of azo groups is 3. The fourth-order valence-corrected chi connectivity index (χ4v) is 9.77. The van der Waals surface area contributed by atoms with Crippen LogP contribution in [0.5, 0.6) is 17.2 Å². The SMILES string of the molecule is COc1ccc(Nc2ccc3c(O)c(N=Nc4cc(C)c(N=Nc5ccc(N=Nc6ccc7c(S(=O)(=O)O)cc(S(=O)(=O)O)cc7c6)c6ccc(S(=O)(=O)O)cc56)cc4OC)c(S(=O)(=O)O)cc3c2)cc1. The molecule has 0 fully saturated rings. The molecule has 8 aromatic carbocycles. The Morgan fingerprint density at radius 1 is 0.451 bits per heavy atom. The van der Waals surface area contributed by atoms with Crippen molar-refractivity contribution in [2.75, 3.05) is 19.5 Å². The minimum Gasteiger partial charge on any atom is -0.505 e. The zero-order valence-electron chi connectivity index (χ0n) is 36.7. The standard InChI is InChI=1S/C45H35N7O15S4/c1-24-16-40(51-52-44-43(71(63,64)65)20-26-17-28(6-12-34(26)45(44)53)46-27-4-8-30(66-2)9-5-27)41(67-3)23-39(24)50-49-38-15-14-37(35-13-10-31(21-36(35)38)68(54,55)56)48-47-29-7-11-33-25(18-29)19-32(69(57,58)59)22-42(33)70(60,61)62/h4-23,46,53H,1-3H3,(H,54,55,56)(H,57,58,59)(H,60,61,62)(H,63,64,65). The third kappa shape index (κ3) is 10.7. The fourth-order valence-electron chi connectivity index (χ4n) is 7.25. The molecular weight excluding hydrogens is 1010 g/mol. The van der Waals surface area contributed by atoms with Gasteiger partial charge in [0, 0.05) is 39.0 Å². The predicted molar refractivity (Wildman–Crippen MR) is 259 cm³/mol. The van der Waals surface area contributed by atoms with Gasteiger partial charge in [0.2, 0.25) is 0 Å². The van der Waals surface area contributed by atoms with E-state index in [0.29, 0.717) is 28.8 Å². The molecule has 8 aromatic rings. The van der Waals surface area contributed by atoms with E-state index in [4.69, 9.17) is 9.47 Å². The number of fused-ring (bicyclic) bond motifs is 3. The van der Waals surface area contributed by atoms with Gasteiger partial charge < -0.3 is 19.9 Å². The van der Waals surface area contributed by atoms with Gasteiger partial charge in [-0.15, -0.1) is 20.5 Å². The monoisotopic (exact) mass is 1040 g/mol. The average molecular weight is 1040 g/mol. The highest BCUT2D eigenvalue weighted by Gasteiger charge is 2.24. The van der Waals surface area contributed by atoms with Crippen molar-refractivity contribution >= 4 is 118 Å². The first-order chi connectivity index (χ1) is 33.4. The molecule has 0 heterocycles. The zero-order valence-corrected chi connectivity index (χ0v) is 39.9. The summed E-state index contributed by atoms with van der Waals surface area (Å²) >= 11 is 0. The number of phenols is 1. The lowest BCUT2D eigenvalue weighted by Gasteiger charge is -2.12. The van der Waals surface area contributed by atoms with E-state index < -0.39 is 71.5 Å². The fraction of sp³-hybridized carbons (Fsp3) is 0.0667. The van der Waals surface area contributed by atoms with Crippen LogP contribution in [0.2, 0.25) is 0 Å². The average Bonchev–Trinajstić information content (AvgIpc) is 3.31. The highest BCUT2D eigenvalue weighted by Crippen LogP contribution is 2.44. The van der Waals surface area contributed by atoms with Crippen molar-refractivity contribution in [1.82, 2.24) is 0 Å². The van der Waals surface area contributed by atoms with Crippen LogP contribution in [0.15, 0.2) is 172 Å². The molecule has 8 rings (SSSR count). The highest BCUT2D eigenvalue weighted by atomic mass is 32.2. The predicted octanol–water partition coefficient (Wildman–Crippen LogP) is 11.2. The molecule has 0 bridgehead atoms. The van der Waals surface area contributed by atoms with E-state index in [-0.39, 0.29) is 66.5 Å². The van der Waals surface area contributed by atoms with Crippen LogP contribution in [-0.4, -0.2) is 71.2 Å². The van der Waals surface area contributed by atoms with Crippen molar-refractivity contribution in [2.45, 2.75) is 26.5 Å². The van der Waals surface area contributed by atoms with E-state index in [1.807, 2.05) is 0 Å². The molecule has 0 unspecified atom stereocenters. The maximum absolute atomic E-state index is 12.6. The minimum atomic E-state index is -4.97. The van der Waals surface area contributed by atoms with Crippen molar-refractivity contribution in [2.24, 2.45) is 30.7 Å². The number of benzene rings is 8. The summed E-state index contributed by atoms with van der Waals surface area (Å²) < 4.78 is 148. The van der Waals surface area contributed by atoms with Gasteiger partial charge in [-0.1, -0.05) is 12.1 Å². The third-order valence-electron chi connectivity index (χ3n) is 10.7. The van der Waals surface area contributed by atoms with E-state index >= 15 is 0 Å². The topological polar surface area (TPSA) is 342 Å². The Morgan fingerprint density at radius 3 is 1.69 bits per heavy atom. The maximum atomic E-state index is 12.6. The van der Waals surface area contributed by atoms with E-state index in [9.17, 15) is 57.0 Å². The normalized spacial score (nSPS) is 12.8. The third-order valence-corrected chi connectivity index (χ3v) is 14.1. The van der Waals surface area contributed by atoms with Gasteiger partial charge in [0.25, 0.3) is 40.5 Å². The Labute approximate surface area is 403 Å². The number of phenolic OH excluding ortho intramolecular Hbond substituents is 1. The molecule has 0 amide bonds. The Hall–Kier alpha value is -7.82. The number of hydrogen-bond donors (Lipinski definition) is 6.